The second-order valence-electron chi connectivity index (χ2n) is 2.26. The fourth-order valence-electron chi connectivity index (χ4n) is 0.465. The minimum Gasteiger partial charge on any atom is -0.198 e. The topological polar surface area (TPSA) is 23.8 Å². The second kappa shape index (κ2) is 22.4. The van der Waals surface area contributed by atoms with Gasteiger partial charge in [-0.05, 0) is 6.42 Å². The van der Waals surface area contributed by atoms with Crippen molar-refractivity contribution < 1.29 is 21.1 Å². The first kappa shape index (κ1) is 17.5. The predicted octanol–water partition coefficient (Wildman–Crippen LogP) is 0.0683. The fourth-order valence-corrected chi connectivity index (χ4v) is 0.465. The van der Waals surface area contributed by atoms with E-state index in [-0.39, 0.29) is 21.1 Å². The van der Waals surface area contributed by atoms with E-state index >= 15 is 0 Å². The molecule has 0 aliphatic heterocycles. The van der Waals surface area contributed by atoms with Crippen molar-refractivity contribution in [2.75, 3.05) is 0 Å². The summed E-state index contributed by atoms with van der Waals surface area (Å²) in [5.41, 5.74) is 0. The summed E-state index contributed by atoms with van der Waals surface area (Å²) in [6, 6.07) is 2.02. The summed E-state index contributed by atoms with van der Waals surface area (Å²) >= 11 is 0. The maximum atomic E-state index is 7.82. The van der Waals surface area contributed by atoms with Crippen LogP contribution in [0.15, 0.2) is 0 Å². The number of nitriles is 1. The quantitative estimate of drug-likeness (QED) is 0.676. The van der Waals surface area contributed by atoms with Crippen molar-refractivity contribution in [1.82, 2.24) is 0 Å². The Balaban J connectivity index is -0.000000107. The SMILES string of the molecule is BBBCC.CCCC#N.[W]. The van der Waals surface area contributed by atoms with Crippen molar-refractivity contribution >= 4 is 22.0 Å². The zero-order chi connectivity index (χ0) is 8.24. The molecule has 0 amide bonds. The van der Waals surface area contributed by atoms with E-state index in [4.69, 9.17) is 5.26 Å². The molecule has 5 heteroatoms. The molecule has 0 unspecified atom stereocenters. The first-order valence-electron chi connectivity index (χ1n) is 4.20. The molecule has 1 nitrogen and oxygen atoms in total. The molecule has 0 aliphatic carbocycles. The summed E-state index contributed by atoms with van der Waals surface area (Å²) < 4.78 is 0. The molecule has 0 heterocycles. The van der Waals surface area contributed by atoms with Crippen molar-refractivity contribution in [1.29, 1.82) is 5.26 Å². The van der Waals surface area contributed by atoms with Gasteiger partial charge in [0.25, 0.3) is 0 Å². The van der Waals surface area contributed by atoms with E-state index in [1.165, 1.54) is 20.6 Å². The Bertz CT molecular complexity index is 82.4. The summed E-state index contributed by atoms with van der Waals surface area (Å²) in [6.45, 7) is 4.20. The van der Waals surface area contributed by atoms with Crippen molar-refractivity contribution in [3.05, 3.63) is 0 Å². The fraction of sp³-hybridized carbons (Fsp3) is 0.833. The van der Waals surface area contributed by atoms with Gasteiger partial charge in [0.1, 0.15) is 0 Å². The van der Waals surface area contributed by atoms with Gasteiger partial charge < -0.3 is 0 Å². The molecule has 0 aliphatic rings. The van der Waals surface area contributed by atoms with Crippen LogP contribution in [0.3, 0.4) is 0 Å². The average molecular weight is 318 g/mol. The molecule has 0 aromatic rings. The predicted molar refractivity (Wildman–Crippen MR) is 53.8 cm³/mol. The minimum atomic E-state index is 0. The first-order chi connectivity index (χ1) is 4.83. The Hall–Kier alpha value is 0.373. The molecular weight excluding hydrogens is 302 g/mol. The average Bonchev–Trinajstić information content (AvgIpc) is 1.93. The Morgan fingerprint density at radius 1 is 1.45 bits per heavy atom. The molecular formula is C6H16B3NW. The Kier molecular flexibility index (Phi) is 35.6. The van der Waals surface area contributed by atoms with Gasteiger partial charge in [-0.3, -0.25) is 0 Å². The molecule has 0 radical (unpaired) electrons. The molecule has 0 aromatic heterocycles. The third-order valence-corrected chi connectivity index (χ3v) is 1.07. The standard InChI is InChI=1S/C4H7N.C2H9B3.W/c1-2-3-4-5;1-2-4-5-3;/h2-3H2,1H3;4-5H,2-3H2,1H3;. The van der Waals surface area contributed by atoms with Gasteiger partial charge in [-0.15, -0.1) is 0 Å². The van der Waals surface area contributed by atoms with E-state index in [1.54, 1.807) is 0 Å². The molecule has 0 saturated carbocycles. The van der Waals surface area contributed by atoms with Gasteiger partial charge in [-0.1, -0.05) is 20.2 Å². The summed E-state index contributed by atoms with van der Waals surface area (Å²) in [7, 11) is 4.94. The molecule has 0 atom stereocenters. The van der Waals surface area contributed by atoms with E-state index in [9.17, 15) is 0 Å². The second-order valence-corrected chi connectivity index (χ2v) is 2.26. The summed E-state index contributed by atoms with van der Waals surface area (Å²) in [4.78, 5) is 0. The third kappa shape index (κ3) is 38.0. The molecule has 0 fully saturated rings. The Morgan fingerprint density at radius 2 is 2.00 bits per heavy atom. The van der Waals surface area contributed by atoms with E-state index in [2.05, 4.69) is 14.7 Å². The van der Waals surface area contributed by atoms with Crippen LogP contribution in [0.4, 0.5) is 0 Å². The number of unbranched alkanes of at least 4 members (excludes halogenated alkanes) is 1. The summed E-state index contributed by atoms with van der Waals surface area (Å²) in [5, 5.41) is 7.82. The van der Waals surface area contributed by atoms with Crippen molar-refractivity contribution in [2.45, 2.75) is 33.0 Å². The van der Waals surface area contributed by atoms with E-state index in [0.29, 0.717) is 6.42 Å². The first-order valence-corrected chi connectivity index (χ1v) is 4.20. The smallest absolute Gasteiger partial charge is 0.0776 e. The zero-order valence-corrected chi connectivity index (χ0v) is 10.8. The molecule has 0 aromatic carbocycles. The van der Waals surface area contributed by atoms with Crippen LogP contribution in [0.25, 0.3) is 0 Å². The largest absolute Gasteiger partial charge is 0.198 e. The molecule has 60 valence electrons. The van der Waals surface area contributed by atoms with Gasteiger partial charge in [0.2, 0.25) is 0 Å². The van der Waals surface area contributed by atoms with Gasteiger partial charge in [-0.25, -0.2) is 0 Å². The molecule has 0 spiro atoms. The molecule has 0 bridgehead atoms. The van der Waals surface area contributed by atoms with Crippen molar-refractivity contribution in [3.8, 4) is 6.07 Å². The van der Waals surface area contributed by atoms with Gasteiger partial charge in [0, 0.05) is 27.5 Å². The van der Waals surface area contributed by atoms with Crippen LogP contribution in [0.1, 0.15) is 26.7 Å². The molecule has 0 rings (SSSR count). The van der Waals surface area contributed by atoms with Crippen LogP contribution < -0.4 is 0 Å². The van der Waals surface area contributed by atoms with Crippen LogP contribution in [0, 0.1) is 11.3 Å². The van der Waals surface area contributed by atoms with E-state index < -0.39 is 0 Å². The van der Waals surface area contributed by atoms with Gasteiger partial charge in [-0.2, -0.15) is 5.26 Å². The van der Waals surface area contributed by atoms with Crippen molar-refractivity contribution in [2.24, 2.45) is 0 Å². The van der Waals surface area contributed by atoms with E-state index in [0.717, 1.165) is 6.42 Å². The van der Waals surface area contributed by atoms with Gasteiger partial charge in [0.05, 0.1) is 28.0 Å². The minimum absolute atomic E-state index is 0. The van der Waals surface area contributed by atoms with Crippen LogP contribution in [0.5, 0.6) is 0 Å². The van der Waals surface area contributed by atoms with E-state index in [1.807, 2.05) is 13.0 Å². The molecule has 11 heavy (non-hydrogen) atoms. The normalized spacial score (nSPS) is 5.91. The Labute approximate surface area is 87.4 Å². The van der Waals surface area contributed by atoms with Crippen molar-refractivity contribution in [3.63, 3.8) is 0 Å². The van der Waals surface area contributed by atoms with Crippen LogP contribution in [-0.2, 0) is 21.1 Å². The van der Waals surface area contributed by atoms with Gasteiger partial charge >= 0.3 is 0 Å². The summed E-state index contributed by atoms with van der Waals surface area (Å²) in [6.07, 6.45) is 3.02. The number of nitrogens with zero attached hydrogens (tertiary/aromatic N) is 1. The number of hydrogen-bond acceptors (Lipinski definition) is 1. The molecule has 0 N–H and O–H groups in total. The molecule has 0 saturated heterocycles. The van der Waals surface area contributed by atoms with Crippen LogP contribution >= 0.6 is 0 Å². The number of rotatable bonds is 3. The third-order valence-electron chi connectivity index (χ3n) is 1.07. The monoisotopic (exact) mass is 319 g/mol. The Morgan fingerprint density at radius 3 is 2.00 bits per heavy atom. The number of hydrogen-bond donors (Lipinski definition) is 0. The zero-order valence-electron chi connectivity index (χ0n) is 7.89. The van der Waals surface area contributed by atoms with Crippen LogP contribution in [-0.4, -0.2) is 22.0 Å². The van der Waals surface area contributed by atoms with Gasteiger partial charge in [0.15, 0.2) is 0 Å². The summed E-state index contributed by atoms with van der Waals surface area (Å²) in [5.74, 6) is 0. The maximum absolute atomic E-state index is 7.82. The van der Waals surface area contributed by atoms with Crippen LogP contribution in [0.2, 0.25) is 6.32 Å². The maximum Gasteiger partial charge on any atom is 0.0776 e.